The SMILES string of the molecule is CC(C)(NC(=O)c1cccc(F)c1NC(=O)OCC1c2ccccc2-c2ccccc21)C(=O)O. The molecule has 0 atom stereocenters. The number of nitrogens with one attached hydrogen (secondary N) is 2. The highest BCUT2D eigenvalue weighted by molar-refractivity contribution is 6.04. The summed E-state index contributed by atoms with van der Waals surface area (Å²) in [5.74, 6) is -3.14. The Morgan fingerprint density at radius 3 is 2.12 bits per heavy atom. The first kappa shape index (κ1) is 23.0. The van der Waals surface area contributed by atoms with Crippen LogP contribution < -0.4 is 10.6 Å². The number of amides is 2. The van der Waals surface area contributed by atoms with E-state index in [0.29, 0.717) is 0 Å². The molecule has 2 amide bonds. The predicted octanol–water partition coefficient (Wildman–Crippen LogP) is 4.78. The van der Waals surface area contributed by atoms with Crippen molar-refractivity contribution in [1.29, 1.82) is 0 Å². The Balaban J connectivity index is 1.51. The number of para-hydroxylation sites is 1. The smallest absolute Gasteiger partial charge is 0.411 e. The minimum Gasteiger partial charge on any atom is -0.480 e. The zero-order valence-electron chi connectivity index (χ0n) is 18.6. The van der Waals surface area contributed by atoms with E-state index in [1.165, 1.54) is 26.0 Å². The monoisotopic (exact) mass is 462 g/mol. The van der Waals surface area contributed by atoms with Crippen LogP contribution in [0, 0.1) is 5.82 Å². The third-order valence-electron chi connectivity index (χ3n) is 5.79. The van der Waals surface area contributed by atoms with Gasteiger partial charge in [0.05, 0.1) is 11.3 Å². The average molecular weight is 462 g/mol. The summed E-state index contributed by atoms with van der Waals surface area (Å²) in [7, 11) is 0. The van der Waals surface area contributed by atoms with Crippen molar-refractivity contribution in [2.24, 2.45) is 0 Å². The lowest BCUT2D eigenvalue weighted by Gasteiger charge is -2.22. The van der Waals surface area contributed by atoms with Gasteiger partial charge in [-0.05, 0) is 48.2 Å². The summed E-state index contributed by atoms with van der Waals surface area (Å²) in [6.07, 6.45) is -0.932. The molecule has 0 aromatic heterocycles. The maximum Gasteiger partial charge on any atom is 0.411 e. The number of hydrogen-bond donors (Lipinski definition) is 3. The van der Waals surface area contributed by atoms with Gasteiger partial charge in [0.15, 0.2) is 0 Å². The van der Waals surface area contributed by atoms with Gasteiger partial charge in [0, 0.05) is 5.92 Å². The second-order valence-corrected chi connectivity index (χ2v) is 8.50. The van der Waals surface area contributed by atoms with E-state index in [9.17, 15) is 23.9 Å². The van der Waals surface area contributed by atoms with Crippen LogP contribution in [0.4, 0.5) is 14.9 Å². The molecule has 7 nitrogen and oxygen atoms in total. The number of rotatable bonds is 6. The second-order valence-electron chi connectivity index (χ2n) is 8.50. The Bertz CT molecular complexity index is 1240. The fraction of sp³-hybridized carbons (Fsp3) is 0.192. The number of hydrogen-bond acceptors (Lipinski definition) is 4. The standard InChI is InChI=1S/C26H23FN2O5/c1-26(2,24(31)32)29-23(30)19-12-7-13-21(27)22(19)28-25(33)34-14-20-17-10-5-3-8-15(17)16-9-4-6-11-18(16)20/h3-13,20H,14H2,1-2H3,(H,28,33)(H,29,30)(H,31,32). The Morgan fingerprint density at radius 1 is 0.941 bits per heavy atom. The van der Waals surface area contributed by atoms with E-state index >= 15 is 0 Å². The summed E-state index contributed by atoms with van der Waals surface area (Å²) in [4.78, 5) is 36.5. The van der Waals surface area contributed by atoms with E-state index in [1.54, 1.807) is 0 Å². The molecule has 4 rings (SSSR count). The highest BCUT2D eigenvalue weighted by Gasteiger charge is 2.32. The molecule has 0 bridgehead atoms. The summed E-state index contributed by atoms with van der Waals surface area (Å²) >= 11 is 0. The predicted molar refractivity (Wildman–Crippen MR) is 124 cm³/mol. The van der Waals surface area contributed by atoms with Crippen molar-refractivity contribution in [2.45, 2.75) is 25.3 Å². The van der Waals surface area contributed by atoms with Crippen molar-refractivity contribution >= 4 is 23.7 Å². The summed E-state index contributed by atoms with van der Waals surface area (Å²) in [5, 5.41) is 13.9. The highest BCUT2D eigenvalue weighted by atomic mass is 19.1. The maximum absolute atomic E-state index is 14.5. The number of ether oxygens (including phenoxy) is 1. The number of carbonyl (C=O) groups excluding carboxylic acids is 2. The molecule has 0 fully saturated rings. The molecule has 0 radical (unpaired) electrons. The molecular formula is C26H23FN2O5. The molecule has 3 N–H and O–H groups in total. The molecule has 0 heterocycles. The first-order valence-electron chi connectivity index (χ1n) is 10.7. The zero-order valence-corrected chi connectivity index (χ0v) is 18.6. The minimum atomic E-state index is -1.59. The molecule has 0 saturated heterocycles. The summed E-state index contributed by atoms with van der Waals surface area (Å²) in [6, 6.07) is 19.4. The number of fused-ring (bicyclic) bond motifs is 3. The fourth-order valence-electron chi connectivity index (χ4n) is 3.98. The van der Waals surface area contributed by atoms with Gasteiger partial charge in [-0.1, -0.05) is 54.6 Å². The molecule has 0 saturated carbocycles. The lowest BCUT2D eigenvalue weighted by molar-refractivity contribution is -0.143. The first-order chi connectivity index (χ1) is 16.2. The Kier molecular flexibility index (Phi) is 6.06. The van der Waals surface area contributed by atoms with Crippen LogP contribution in [0.3, 0.4) is 0 Å². The number of carbonyl (C=O) groups is 3. The van der Waals surface area contributed by atoms with Gasteiger partial charge in [-0.25, -0.2) is 14.0 Å². The lowest BCUT2D eigenvalue weighted by Crippen LogP contribution is -2.49. The number of carboxylic acids is 1. The molecule has 34 heavy (non-hydrogen) atoms. The van der Waals surface area contributed by atoms with Gasteiger partial charge in [-0.2, -0.15) is 0 Å². The van der Waals surface area contributed by atoms with Gasteiger partial charge in [0.1, 0.15) is 18.0 Å². The van der Waals surface area contributed by atoms with Crippen molar-refractivity contribution < 1.29 is 28.6 Å². The summed E-state index contributed by atoms with van der Waals surface area (Å²) < 4.78 is 20.0. The largest absolute Gasteiger partial charge is 0.480 e. The second kappa shape index (κ2) is 8.97. The van der Waals surface area contributed by atoms with E-state index in [-0.39, 0.29) is 18.1 Å². The third kappa shape index (κ3) is 4.34. The van der Waals surface area contributed by atoms with Crippen LogP contribution in [0.1, 0.15) is 41.3 Å². The quantitative estimate of drug-likeness (QED) is 0.489. The Labute approximate surface area is 195 Å². The molecule has 8 heteroatoms. The highest BCUT2D eigenvalue weighted by Crippen LogP contribution is 2.44. The third-order valence-corrected chi connectivity index (χ3v) is 5.79. The van der Waals surface area contributed by atoms with Gasteiger partial charge in [0.25, 0.3) is 5.91 Å². The minimum absolute atomic E-state index is 0.0158. The van der Waals surface area contributed by atoms with Crippen molar-refractivity contribution in [3.8, 4) is 11.1 Å². The van der Waals surface area contributed by atoms with Crippen molar-refractivity contribution in [1.82, 2.24) is 5.32 Å². The topological polar surface area (TPSA) is 105 Å². The molecule has 0 unspecified atom stereocenters. The maximum atomic E-state index is 14.5. The number of carboxylic acid groups (broad SMARTS) is 1. The molecule has 1 aliphatic carbocycles. The average Bonchev–Trinajstić information content (AvgIpc) is 3.12. The number of anilines is 1. The van der Waals surface area contributed by atoms with Crippen LogP contribution in [0.2, 0.25) is 0 Å². The molecule has 1 aliphatic rings. The van der Waals surface area contributed by atoms with E-state index in [2.05, 4.69) is 10.6 Å². The summed E-state index contributed by atoms with van der Waals surface area (Å²) in [5.41, 5.74) is 1.99. The van der Waals surface area contributed by atoms with Crippen molar-refractivity contribution in [3.05, 3.63) is 89.2 Å². The van der Waals surface area contributed by atoms with Crippen molar-refractivity contribution in [2.75, 3.05) is 11.9 Å². The molecular weight excluding hydrogens is 439 g/mol. The van der Waals surface area contributed by atoms with Crippen LogP contribution >= 0.6 is 0 Å². The van der Waals surface area contributed by atoms with E-state index in [4.69, 9.17) is 4.74 Å². The molecule has 0 aliphatic heterocycles. The van der Waals surface area contributed by atoms with E-state index in [1.807, 2.05) is 48.5 Å². The zero-order chi connectivity index (χ0) is 24.5. The Morgan fingerprint density at radius 2 is 1.53 bits per heavy atom. The van der Waals surface area contributed by atoms with Crippen LogP contribution in [-0.4, -0.2) is 35.2 Å². The van der Waals surface area contributed by atoms with Crippen LogP contribution in [0.25, 0.3) is 11.1 Å². The lowest BCUT2D eigenvalue weighted by atomic mass is 9.98. The van der Waals surface area contributed by atoms with Crippen LogP contribution in [0.15, 0.2) is 66.7 Å². The molecule has 3 aromatic rings. The molecule has 174 valence electrons. The first-order valence-corrected chi connectivity index (χ1v) is 10.7. The number of halogens is 1. The van der Waals surface area contributed by atoms with Gasteiger partial charge in [0.2, 0.25) is 0 Å². The molecule has 0 spiro atoms. The number of aliphatic carboxylic acids is 1. The van der Waals surface area contributed by atoms with Crippen LogP contribution in [-0.2, 0) is 9.53 Å². The summed E-state index contributed by atoms with van der Waals surface area (Å²) in [6.45, 7) is 2.61. The number of benzene rings is 3. The van der Waals surface area contributed by atoms with Gasteiger partial charge in [-0.3, -0.25) is 10.1 Å². The van der Waals surface area contributed by atoms with Gasteiger partial charge < -0.3 is 15.2 Å². The van der Waals surface area contributed by atoms with E-state index in [0.717, 1.165) is 28.3 Å². The van der Waals surface area contributed by atoms with E-state index < -0.39 is 35.0 Å². The van der Waals surface area contributed by atoms with Gasteiger partial charge in [-0.15, -0.1) is 0 Å². The van der Waals surface area contributed by atoms with Gasteiger partial charge >= 0.3 is 12.1 Å². The fourth-order valence-corrected chi connectivity index (χ4v) is 3.98. The van der Waals surface area contributed by atoms with Crippen LogP contribution in [0.5, 0.6) is 0 Å². The Hall–Kier alpha value is -4.20. The molecule has 3 aromatic carbocycles. The van der Waals surface area contributed by atoms with Crippen molar-refractivity contribution in [3.63, 3.8) is 0 Å². The normalized spacial score (nSPS) is 12.4.